The summed E-state index contributed by atoms with van der Waals surface area (Å²) in [6, 6.07) is 2.81. The molecule has 3 atom stereocenters. The van der Waals surface area contributed by atoms with Crippen LogP contribution in [0.1, 0.15) is 38.7 Å². The molecule has 2 nitrogen and oxygen atoms in total. The molecule has 0 spiro atoms. The van der Waals surface area contributed by atoms with Gasteiger partial charge in [0.15, 0.2) is 0 Å². The number of nitrogens with zero attached hydrogens (tertiary/aromatic N) is 1. The van der Waals surface area contributed by atoms with Crippen molar-refractivity contribution in [2.45, 2.75) is 45.7 Å². The van der Waals surface area contributed by atoms with E-state index in [9.17, 15) is 0 Å². The van der Waals surface area contributed by atoms with E-state index in [0.717, 1.165) is 22.9 Å². The maximum Gasteiger partial charge on any atom is 0.0410 e. The Labute approximate surface area is 112 Å². The summed E-state index contributed by atoms with van der Waals surface area (Å²) in [6.07, 6.45) is 7.79. The molecule has 1 aliphatic carbocycles. The van der Waals surface area contributed by atoms with Crippen molar-refractivity contribution >= 4 is 15.9 Å². The Morgan fingerprint density at radius 1 is 1.35 bits per heavy atom. The SMILES string of the molecule is CC1CCC(NCc2cncc(Br)c2)C(C)C1. The van der Waals surface area contributed by atoms with Crippen LogP contribution in [0.3, 0.4) is 0 Å². The van der Waals surface area contributed by atoms with Gasteiger partial charge in [-0.05, 0) is 58.7 Å². The molecule has 0 amide bonds. The molecule has 1 saturated carbocycles. The molecule has 3 heteroatoms. The summed E-state index contributed by atoms with van der Waals surface area (Å²) < 4.78 is 1.06. The topological polar surface area (TPSA) is 24.9 Å². The first-order valence-corrected chi connectivity index (χ1v) is 7.27. The molecule has 2 rings (SSSR count). The van der Waals surface area contributed by atoms with Crippen molar-refractivity contribution in [2.24, 2.45) is 11.8 Å². The van der Waals surface area contributed by atoms with Gasteiger partial charge >= 0.3 is 0 Å². The molecule has 17 heavy (non-hydrogen) atoms. The van der Waals surface area contributed by atoms with E-state index in [1.165, 1.54) is 24.8 Å². The molecule has 1 N–H and O–H groups in total. The molecule has 0 saturated heterocycles. The van der Waals surface area contributed by atoms with Gasteiger partial charge in [0.05, 0.1) is 0 Å². The monoisotopic (exact) mass is 296 g/mol. The van der Waals surface area contributed by atoms with Crippen molar-refractivity contribution < 1.29 is 0 Å². The van der Waals surface area contributed by atoms with Gasteiger partial charge in [-0.15, -0.1) is 0 Å². The zero-order valence-electron chi connectivity index (χ0n) is 10.6. The Morgan fingerprint density at radius 3 is 2.88 bits per heavy atom. The predicted octanol–water partition coefficient (Wildman–Crippen LogP) is 3.76. The summed E-state index contributed by atoms with van der Waals surface area (Å²) in [6.45, 7) is 5.66. The number of hydrogen-bond donors (Lipinski definition) is 1. The zero-order valence-corrected chi connectivity index (χ0v) is 12.2. The first-order chi connectivity index (χ1) is 8.15. The lowest BCUT2D eigenvalue weighted by Crippen LogP contribution is -2.38. The molecule has 1 aliphatic rings. The maximum atomic E-state index is 4.19. The Morgan fingerprint density at radius 2 is 2.18 bits per heavy atom. The van der Waals surface area contributed by atoms with Gasteiger partial charge in [-0.3, -0.25) is 4.98 Å². The van der Waals surface area contributed by atoms with E-state index in [-0.39, 0.29) is 0 Å². The van der Waals surface area contributed by atoms with Crippen molar-refractivity contribution in [2.75, 3.05) is 0 Å². The highest BCUT2D eigenvalue weighted by molar-refractivity contribution is 9.10. The summed E-state index contributed by atoms with van der Waals surface area (Å²) in [5.74, 6) is 1.69. The Bertz CT molecular complexity index is 367. The molecule has 0 aromatic carbocycles. The van der Waals surface area contributed by atoms with Crippen LogP contribution < -0.4 is 5.32 Å². The van der Waals surface area contributed by atoms with E-state index in [1.54, 1.807) is 0 Å². The van der Waals surface area contributed by atoms with Gasteiger partial charge in [-0.25, -0.2) is 0 Å². The molecule has 1 aromatic heterocycles. The second-order valence-corrected chi connectivity index (χ2v) is 6.31. The van der Waals surface area contributed by atoms with Crippen molar-refractivity contribution in [3.05, 3.63) is 28.5 Å². The van der Waals surface area contributed by atoms with Crippen molar-refractivity contribution in [1.29, 1.82) is 0 Å². The van der Waals surface area contributed by atoms with Gasteiger partial charge in [-0.1, -0.05) is 13.8 Å². The van der Waals surface area contributed by atoms with E-state index in [4.69, 9.17) is 0 Å². The van der Waals surface area contributed by atoms with E-state index in [0.29, 0.717) is 6.04 Å². The summed E-state index contributed by atoms with van der Waals surface area (Å²) in [5, 5.41) is 3.67. The molecule has 1 aromatic rings. The second kappa shape index (κ2) is 5.96. The minimum atomic E-state index is 0.671. The molecule has 3 unspecified atom stereocenters. The largest absolute Gasteiger partial charge is 0.310 e. The van der Waals surface area contributed by atoms with Crippen molar-refractivity contribution in [3.63, 3.8) is 0 Å². The lowest BCUT2D eigenvalue weighted by molar-refractivity contribution is 0.227. The third-order valence-electron chi connectivity index (χ3n) is 3.76. The molecule has 1 heterocycles. The quantitative estimate of drug-likeness (QED) is 0.919. The molecular weight excluding hydrogens is 276 g/mol. The smallest absolute Gasteiger partial charge is 0.0410 e. The third kappa shape index (κ3) is 3.78. The first-order valence-electron chi connectivity index (χ1n) is 6.48. The fraction of sp³-hybridized carbons (Fsp3) is 0.643. The van der Waals surface area contributed by atoms with Crippen LogP contribution in [0.5, 0.6) is 0 Å². The number of halogens is 1. The third-order valence-corrected chi connectivity index (χ3v) is 4.20. The van der Waals surface area contributed by atoms with Crippen LogP contribution in [0.25, 0.3) is 0 Å². The number of hydrogen-bond acceptors (Lipinski definition) is 2. The van der Waals surface area contributed by atoms with E-state index >= 15 is 0 Å². The Kier molecular flexibility index (Phi) is 4.57. The highest BCUT2D eigenvalue weighted by Crippen LogP contribution is 2.28. The first kappa shape index (κ1) is 13.0. The summed E-state index contributed by atoms with van der Waals surface area (Å²) in [5.41, 5.74) is 1.25. The molecule has 0 aliphatic heterocycles. The summed E-state index contributed by atoms with van der Waals surface area (Å²) in [7, 11) is 0. The van der Waals surface area contributed by atoms with Crippen LogP contribution in [0, 0.1) is 11.8 Å². The standard InChI is InChI=1S/C14H21BrN2/c1-10-3-4-14(11(2)5-10)17-8-12-6-13(15)9-16-7-12/h6-7,9-11,14,17H,3-5,8H2,1-2H3. The Balaban J connectivity index is 1.86. The number of aromatic nitrogens is 1. The van der Waals surface area contributed by atoms with E-state index in [2.05, 4.69) is 46.1 Å². The molecule has 94 valence electrons. The van der Waals surface area contributed by atoms with Crippen LogP contribution in [-0.4, -0.2) is 11.0 Å². The van der Waals surface area contributed by atoms with Crippen LogP contribution in [-0.2, 0) is 6.54 Å². The van der Waals surface area contributed by atoms with E-state index < -0.39 is 0 Å². The molecule has 0 bridgehead atoms. The van der Waals surface area contributed by atoms with Gasteiger partial charge < -0.3 is 5.32 Å². The Hall–Kier alpha value is -0.410. The lowest BCUT2D eigenvalue weighted by Gasteiger charge is -2.33. The van der Waals surface area contributed by atoms with Gasteiger partial charge in [-0.2, -0.15) is 0 Å². The van der Waals surface area contributed by atoms with Crippen molar-refractivity contribution in [3.8, 4) is 0 Å². The highest BCUT2D eigenvalue weighted by Gasteiger charge is 2.24. The number of pyridine rings is 1. The lowest BCUT2D eigenvalue weighted by atomic mass is 9.80. The summed E-state index contributed by atoms with van der Waals surface area (Å²) in [4.78, 5) is 4.19. The van der Waals surface area contributed by atoms with Gasteiger partial charge in [0.1, 0.15) is 0 Å². The van der Waals surface area contributed by atoms with Crippen LogP contribution in [0.4, 0.5) is 0 Å². The normalized spacial score (nSPS) is 29.2. The average molecular weight is 297 g/mol. The zero-order chi connectivity index (χ0) is 12.3. The molecule has 0 radical (unpaired) electrons. The maximum absolute atomic E-state index is 4.19. The fourth-order valence-electron chi connectivity index (χ4n) is 2.77. The minimum Gasteiger partial charge on any atom is -0.310 e. The molecular formula is C14H21BrN2. The van der Waals surface area contributed by atoms with Gasteiger partial charge in [0, 0.05) is 29.5 Å². The average Bonchev–Trinajstić information content (AvgIpc) is 2.28. The van der Waals surface area contributed by atoms with Crippen LogP contribution in [0.2, 0.25) is 0 Å². The second-order valence-electron chi connectivity index (χ2n) is 5.39. The highest BCUT2D eigenvalue weighted by atomic mass is 79.9. The number of nitrogens with one attached hydrogen (secondary N) is 1. The predicted molar refractivity (Wildman–Crippen MR) is 74.7 cm³/mol. The minimum absolute atomic E-state index is 0.671. The van der Waals surface area contributed by atoms with Crippen molar-refractivity contribution in [1.82, 2.24) is 10.3 Å². The number of rotatable bonds is 3. The van der Waals surface area contributed by atoms with E-state index in [1.807, 2.05) is 12.4 Å². The van der Waals surface area contributed by atoms with Crippen LogP contribution >= 0.6 is 15.9 Å². The fourth-order valence-corrected chi connectivity index (χ4v) is 3.18. The van der Waals surface area contributed by atoms with Gasteiger partial charge in [0.25, 0.3) is 0 Å². The summed E-state index contributed by atoms with van der Waals surface area (Å²) >= 11 is 3.46. The van der Waals surface area contributed by atoms with Gasteiger partial charge in [0.2, 0.25) is 0 Å². The van der Waals surface area contributed by atoms with Crippen LogP contribution in [0.15, 0.2) is 22.9 Å². The molecule has 1 fully saturated rings.